The molecule has 1 fully saturated rings. The third-order valence-electron chi connectivity index (χ3n) is 6.13. The molecule has 0 saturated carbocycles. The van der Waals surface area contributed by atoms with E-state index in [1.165, 1.54) is 0 Å². The van der Waals surface area contributed by atoms with E-state index < -0.39 is 42.0 Å². The number of carbonyl (C=O) groups is 4. The monoisotopic (exact) mass is 560 g/mol. The highest BCUT2D eigenvalue weighted by molar-refractivity contribution is 6.08. The number of urea groups is 1. The Morgan fingerprint density at radius 1 is 1.15 bits per heavy atom. The highest BCUT2D eigenvalue weighted by atomic mass is 19.4. The Kier molecular flexibility index (Phi) is 9.30. The second-order valence-corrected chi connectivity index (χ2v) is 8.85. The van der Waals surface area contributed by atoms with E-state index in [-0.39, 0.29) is 19.1 Å². The quantitative estimate of drug-likeness (QED) is 0.304. The predicted octanol–water partition coefficient (Wildman–Crippen LogP) is 3.85. The molecule has 1 saturated heterocycles. The summed E-state index contributed by atoms with van der Waals surface area (Å²) in [6.07, 6.45) is -3.28. The first-order valence-electron chi connectivity index (χ1n) is 12.1. The van der Waals surface area contributed by atoms with Crippen LogP contribution in [0.15, 0.2) is 60.8 Å². The molecule has 1 aliphatic heterocycles. The van der Waals surface area contributed by atoms with E-state index in [0.29, 0.717) is 5.82 Å². The standard InChI is InChI=1S/C25H26N4O4.C2HF3O2/c1-3-33-24(31)22-20(13-16-11-12-27-21(26)14-16)23(30)29(22)25(32)28-15(2)18-10-6-8-17-7-4-5-9-19(17)18;3-2(4,5)1(6)7/h4-12,14-15,20,22H,3,13H2,1-2H3,(H2,26,27)(H,28,32);(H,6,7)/t15-,20-,22+;/m1./s1. The van der Waals surface area contributed by atoms with Crippen LogP contribution >= 0.6 is 0 Å². The minimum Gasteiger partial charge on any atom is -0.475 e. The van der Waals surface area contributed by atoms with Gasteiger partial charge in [-0.25, -0.2) is 24.3 Å². The van der Waals surface area contributed by atoms with Crippen molar-refractivity contribution in [3.05, 3.63) is 71.9 Å². The number of ether oxygens (including phenoxy) is 1. The maximum atomic E-state index is 13.1. The fourth-order valence-corrected chi connectivity index (χ4v) is 4.31. The Labute approximate surface area is 226 Å². The number of likely N-dealkylation sites (tertiary alicyclic amines) is 1. The first-order valence-corrected chi connectivity index (χ1v) is 12.1. The van der Waals surface area contributed by atoms with Crippen LogP contribution in [0.4, 0.5) is 23.8 Å². The summed E-state index contributed by atoms with van der Waals surface area (Å²) in [5.74, 6) is -4.16. The highest BCUT2D eigenvalue weighted by Gasteiger charge is 2.55. The summed E-state index contributed by atoms with van der Waals surface area (Å²) in [5.41, 5.74) is 7.42. The topological polar surface area (TPSA) is 152 Å². The van der Waals surface area contributed by atoms with Crippen LogP contribution in [0.25, 0.3) is 10.8 Å². The van der Waals surface area contributed by atoms with Crippen molar-refractivity contribution in [3.63, 3.8) is 0 Å². The summed E-state index contributed by atoms with van der Waals surface area (Å²) in [6, 6.07) is 15.1. The van der Waals surface area contributed by atoms with E-state index >= 15 is 0 Å². The number of anilines is 1. The third-order valence-corrected chi connectivity index (χ3v) is 6.13. The number of hydrogen-bond donors (Lipinski definition) is 3. The number of nitrogens with zero attached hydrogens (tertiary/aromatic N) is 2. The zero-order valence-electron chi connectivity index (χ0n) is 21.5. The number of carboxylic acid groups (broad SMARTS) is 1. The molecule has 3 aromatic rings. The molecule has 2 aromatic carbocycles. The second kappa shape index (κ2) is 12.5. The summed E-state index contributed by atoms with van der Waals surface area (Å²) in [5, 5.41) is 12.1. The van der Waals surface area contributed by atoms with Gasteiger partial charge in [-0.2, -0.15) is 13.2 Å². The number of alkyl halides is 3. The molecule has 0 spiro atoms. The Hall–Kier alpha value is -4.68. The molecule has 40 heavy (non-hydrogen) atoms. The van der Waals surface area contributed by atoms with Crippen LogP contribution < -0.4 is 11.1 Å². The molecule has 0 unspecified atom stereocenters. The molecule has 10 nitrogen and oxygen atoms in total. The van der Waals surface area contributed by atoms with Crippen molar-refractivity contribution in [2.24, 2.45) is 5.92 Å². The van der Waals surface area contributed by atoms with E-state index in [1.807, 2.05) is 49.4 Å². The summed E-state index contributed by atoms with van der Waals surface area (Å²) in [7, 11) is 0. The lowest BCUT2D eigenvalue weighted by atomic mass is 9.82. The maximum absolute atomic E-state index is 13.1. The van der Waals surface area contributed by atoms with Crippen LogP contribution in [0.3, 0.4) is 0 Å². The van der Waals surface area contributed by atoms with Crippen LogP contribution in [0.2, 0.25) is 0 Å². The number of nitrogens with one attached hydrogen (secondary N) is 1. The number of aromatic nitrogens is 1. The zero-order chi connectivity index (χ0) is 29.6. The van der Waals surface area contributed by atoms with Crippen molar-refractivity contribution >= 4 is 40.5 Å². The van der Waals surface area contributed by atoms with Crippen LogP contribution in [-0.2, 0) is 25.5 Å². The number of carboxylic acids is 1. The number of nitrogens with two attached hydrogens (primary N) is 1. The number of hydrogen-bond acceptors (Lipinski definition) is 7. The molecule has 0 radical (unpaired) electrons. The van der Waals surface area contributed by atoms with Gasteiger partial charge in [0, 0.05) is 6.20 Å². The third kappa shape index (κ3) is 6.84. The fourth-order valence-electron chi connectivity index (χ4n) is 4.31. The van der Waals surface area contributed by atoms with Gasteiger partial charge < -0.3 is 20.9 Å². The number of pyridine rings is 1. The summed E-state index contributed by atoms with van der Waals surface area (Å²) in [6.45, 7) is 3.69. The Morgan fingerprint density at radius 3 is 2.42 bits per heavy atom. The summed E-state index contributed by atoms with van der Waals surface area (Å²) < 4.78 is 36.9. The van der Waals surface area contributed by atoms with Crippen molar-refractivity contribution in [1.29, 1.82) is 0 Å². The molecule has 3 atom stereocenters. The average Bonchev–Trinajstić information content (AvgIpc) is 2.89. The number of halogens is 3. The van der Waals surface area contributed by atoms with Gasteiger partial charge in [-0.1, -0.05) is 42.5 Å². The number of fused-ring (bicyclic) bond motifs is 1. The van der Waals surface area contributed by atoms with Crippen LogP contribution in [0.1, 0.15) is 31.0 Å². The fraction of sp³-hybridized carbons (Fsp3) is 0.296. The van der Waals surface area contributed by atoms with E-state index in [1.54, 1.807) is 25.3 Å². The SMILES string of the molecule is CCOC(=O)[C@@H]1[C@@H](Cc2ccnc(N)c2)C(=O)N1C(=O)N[C@H](C)c1cccc2ccccc12.O=C(O)C(F)(F)F. The van der Waals surface area contributed by atoms with Gasteiger partial charge >= 0.3 is 24.1 Å². The van der Waals surface area contributed by atoms with Crippen LogP contribution in [0.5, 0.6) is 0 Å². The number of β-lactam (4-membered cyclic amide) rings is 1. The highest BCUT2D eigenvalue weighted by Crippen LogP contribution is 2.32. The van der Waals surface area contributed by atoms with Crippen molar-refractivity contribution < 1.29 is 42.2 Å². The number of imide groups is 1. The molecular formula is C27H27F3N4O6. The largest absolute Gasteiger partial charge is 0.490 e. The van der Waals surface area contributed by atoms with E-state index in [0.717, 1.165) is 26.8 Å². The lowest BCUT2D eigenvalue weighted by Crippen LogP contribution is -2.69. The molecule has 0 bridgehead atoms. The molecule has 212 valence electrons. The van der Waals surface area contributed by atoms with Gasteiger partial charge in [0.1, 0.15) is 5.82 Å². The van der Waals surface area contributed by atoms with E-state index in [2.05, 4.69) is 10.3 Å². The van der Waals surface area contributed by atoms with Crippen molar-refractivity contribution in [2.45, 2.75) is 38.5 Å². The maximum Gasteiger partial charge on any atom is 0.490 e. The van der Waals surface area contributed by atoms with Gasteiger partial charge in [0.05, 0.1) is 18.6 Å². The van der Waals surface area contributed by atoms with Gasteiger partial charge in [-0.3, -0.25) is 4.79 Å². The van der Waals surface area contributed by atoms with Crippen LogP contribution in [-0.4, -0.2) is 57.7 Å². The summed E-state index contributed by atoms with van der Waals surface area (Å²) in [4.78, 5) is 52.5. The molecule has 13 heteroatoms. The van der Waals surface area contributed by atoms with Gasteiger partial charge in [-0.15, -0.1) is 0 Å². The molecule has 2 heterocycles. The number of aliphatic carboxylic acids is 1. The Morgan fingerprint density at radius 2 is 1.80 bits per heavy atom. The lowest BCUT2D eigenvalue weighted by Gasteiger charge is -2.44. The molecule has 0 aliphatic carbocycles. The van der Waals surface area contributed by atoms with Crippen LogP contribution in [0, 0.1) is 5.92 Å². The number of nitrogen functional groups attached to an aromatic ring is 1. The molecule has 1 aliphatic rings. The van der Waals surface area contributed by atoms with Gasteiger partial charge in [0.15, 0.2) is 6.04 Å². The van der Waals surface area contributed by atoms with Crippen molar-refractivity contribution in [3.8, 4) is 0 Å². The molecular weight excluding hydrogens is 533 g/mol. The minimum atomic E-state index is -5.08. The molecule has 3 amide bonds. The summed E-state index contributed by atoms with van der Waals surface area (Å²) >= 11 is 0. The van der Waals surface area contributed by atoms with Gasteiger partial charge in [0.25, 0.3) is 0 Å². The molecule has 1 aromatic heterocycles. The van der Waals surface area contributed by atoms with Crippen molar-refractivity contribution in [1.82, 2.24) is 15.2 Å². The van der Waals surface area contributed by atoms with Gasteiger partial charge in [0.2, 0.25) is 5.91 Å². The number of carbonyl (C=O) groups excluding carboxylic acids is 3. The Balaban J connectivity index is 0.000000559. The molecule has 4 N–H and O–H groups in total. The minimum absolute atomic E-state index is 0.153. The number of amides is 3. The van der Waals surface area contributed by atoms with Crippen molar-refractivity contribution in [2.75, 3.05) is 12.3 Å². The predicted molar refractivity (Wildman–Crippen MR) is 138 cm³/mol. The number of esters is 1. The van der Waals surface area contributed by atoms with E-state index in [4.69, 9.17) is 20.4 Å². The number of benzene rings is 2. The second-order valence-electron chi connectivity index (χ2n) is 8.85. The van der Waals surface area contributed by atoms with E-state index in [9.17, 15) is 27.6 Å². The first kappa shape index (κ1) is 29.9. The zero-order valence-corrected chi connectivity index (χ0v) is 21.5. The Bertz CT molecular complexity index is 1410. The lowest BCUT2D eigenvalue weighted by molar-refractivity contribution is -0.192. The molecule has 4 rings (SSSR count). The normalized spacial score (nSPS) is 17.2. The van der Waals surface area contributed by atoms with Gasteiger partial charge in [-0.05, 0) is 54.3 Å². The first-order chi connectivity index (χ1) is 18.8. The average molecular weight is 561 g/mol. The smallest absolute Gasteiger partial charge is 0.475 e. The number of rotatable bonds is 6.